The van der Waals surface area contributed by atoms with Crippen molar-refractivity contribution >= 4 is 11.9 Å². The van der Waals surface area contributed by atoms with Crippen LogP contribution in [0.4, 0.5) is 0 Å². The minimum atomic E-state index is -0.678. The Hall–Kier alpha value is -2.18. The van der Waals surface area contributed by atoms with Gasteiger partial charge in [0.25, 0.3) is 0 Å². The summed E-state index contributed by atoms with van der Waals surface area (Å²) in [5.41, 5.74) is 0. The van der Waals surface area contributed by atoms with Gasteiger partial charge in [-0.2, -0.15) is 0 Å². The number of aliphatic hydroxyl groups is 2. The number of carbonyl (C=O) groups excluding carboxylic acids is 2. The summed E-state index contributed by atoms with van der Waals surface area (Å²) in [6.45, 7) is 4.91. The van der Waals surface area contributed by atoms with E-state index in [4.69, 9.17) is 4.74 Å². The van der Waals surface area contributed by atoms with Crippen LogP contribution in [-0.4, -0.2) is 47.4 Å². The summed E-state index contributed by atoms with van der Waals surface area (Å²) in [5, 5.41) is 23.4. The van der Waals surface area contributed by atoms with Crippen LogP contribution in [0.2, 0.25) is 0 Å². The maximum absolute atomic E-state index is 12.5. The first-order valence-electron chi connectivity index (χ1n) is 33.9. The van der Waals surface area contributed by atoms with Gasteiger partial charge in [0.1, 0.15) is 0 Å². The van der Waals surface area contributed by atoms with Gasteiger partial charge in [0.05, 0.1) is 25.4 Å². The fourth-order valence-corrected chi connectivity index (χ4v) is 10.4. The van der Waals surface area contributed by atoms with E-state index in [0.717, 1.165) is 89.9 Å². The Morgan fingerprint density at radius 1 is 0.368 bits per heavy atom. The van der Waals surface area contributed by atoms with Crippen LogP contribution >= 0.6 is 0 Å². The van der Waals surface area contributed by atoms with Crippen LogP contribution in [0, 0.1) is 0 Å². The first-order valence-corrected chi connectivity index (χ1v) is 33.9. The summed E-state index contributed by atoms with van der Waals surface area (Å²) in [7, 11) is 0. The van der Waals surface area contributed by atoms with Crippen molar-refractivity contribution in [1.29, 1.82) is 0 Å². The molecule has 2 unspecified atom stereocenters. The summed E-state index contributed by atoms with van der Waals surface area (Å²) in [5.74, 6) is -0.0670. The van der Waals surface area contributed by atoms with Gasteiger partial charge in [0, 0.05) is 12.8 Å². The Balaban J connectivity index is 3.48. The minimum absolute atomic E-state index is 0.0187. The molecule has 0 bridgehead atoms. The number of ether oxygens (including phenoxy) is 1. The summed E-state index contributed by atoms with van der Waals surface area (Å²) < 4.78 is 5.47. The SMILES string of the molecule is CCCCC/C=C\C/C=C\CCCCCCCCCCCC(=O)OCCCCC/C=C\C/C=C\CCCCCCCCCC(=O)NC(CO)C(O)CCCCCCCCCCCCCCCCCCCCCCCCC. The summed E-state index contributed by atoms with van der Waals surface area (Å²) in [6, 6.07) is -0.556. The third kappa shape index (κ3) is 61.0. The van der Waals surface area contributed by atoms with Gasteiger partial charge >= 0.3 is 5.97 Å². The molecule has 0 fully saturated rings. The van der Waals surface area contributed by atoms with E-state index in [0.29, 0.717) is 25.9 Å². The van der Waals surface area contributed by atoms with Crippen molar-refractivity contribution in [2.24, 2.45) is 0 Å². The van der Waals surface area contributed by atoms with Gasteiger partial charge in [-0.15, -0.1) is 0 Å². The zero-order valence-corrected chi connectivity index (χ0v) is 51.0. The molecule has 0 aromatic rings. The molecular weight excluding hydrogens is 935 g/mol. The first kappa shape index (κ1) is 73.8. The summed E-state index contributed by atoms with van der Waals surface area (Å²) in [6.07, 6.45) is 84.2. The number of carbonyl (C=O) groups is 2. The molecule has 6 heteroatoms. The number of hydrogen-bond acceptors (Lipinski definition) is 5. The van der Waals surface area contributed by atoms with Crippen molar-refractivity contribution in [3.05, 3.63) is 48.6 Å². The van der Waals surface area contributed by atoms with Gasteiger partial charge in [-0.1, -0.05) is 300 Å². The van der Waals surface area contributed by atoms with Crippen LogP contribution in [0.25, 0.3) is 0 Å². The predicted octanol–water partition coefficient (Wildman–Crippen LogP) is 21.7. The first-order chi connectivity index (χ1) is 37.5. The van der Waals surface area contributed by atoms with Crippen molar-refractivity contribution in [2.45, 2.75) is 373 Å². The Labute approximate surface area is 474 Å². The molecule has 1 amide bonds. The van der Waals surface area contributed by atoms with E-state index in [2.05, 4.69) is 67.8 Å². The predicted molar refractivity (Wildman–Crippen MR) is 333 cm³/mol. The average molecular weight is 1070 g/mol. The van der Waals surface area contributed by atoms with E-state index in [9.17, 15) is 19.8 Å². The van der Waals surface area contributed by atoms with Crippen molar-refractivity contribution in [1.82, 2.24) is 5.32 Å². The molecule has 0 rings (SSSR count). The standard InChI is InChI=1S/C70H131NO5/c1-3-5-7-9-11-13-15-17-19-21-23-24-25-26-28-30-34-38-42-46-50-54-58-62-68(73)67(66-72)71-69(74)63-59-55-51-47-43-39-35-31-29-33-37-41-45-49-53-57-61-65-76-70(75)64-60-56-52-48-44-40-36-32-27-22-20-18-16-14-12-10-8-6-4-2/h12,14,18,20,29,33,41,45,67-68,72-73H,3-11,13,15-17,19,21-28,30-32,34-40,42-44,46-66H2,1-2H3,(H,71,74)/b14-12-,20-18-,33-29-,45-41-. The van der Waals surface area contributed by atoms with Gasteiger partial charge in [-0.05, 0) is 96.3 Å². The zero-order chi connectivity index (χ0) is 55.0. The second-order valence-electron chi connectivity index (χ2n) is 23.1. The fourth-order valence-electron chi connectivity index (χ4n) is 10.4. The highest BCUT2D eigenvalue weighted by Gasteiger charge is 2.20. The molecule has 446 valence electrons. The van der Waals surface area contributed by atoms with Gasteiger partial charge < -0.3 is 20.3 Å². The number of allylic oxidation sites excluding steroid dienone is 8. The molecule has 2 atom stereocenters. The highest BCUT2D eigenvalue weighted by molar-refractivity contribution is 5.76. The molecule has 0 heterocycles. The highest BCUT2D eigenvalue weighted by atomic mass is 16.5. The van der Waals surface area contributed by atoms with Gasteiger partial charge in [0.2, 0.25) is 5.91 Å². The number of unbranched alkanes of at least 4 members (excludes halogenated alkanes) is 44. The number of esters is 1. The summed E-state index contributed by atoms with van der Waals surface area (Å²) >= 11 is 0. The van der Waals surface area contributed by atoms with Crippen LogP contribution in [0.3, 0.4) is 0 Å². The fraction of sp³-hybridized carbons (Fsp3) is 0.857. The molecule has 76 heavy (non-hydrogen) atoms. The Bertz CT molecular complexity index is 1270. The molecule has 0 saturated heterocycles. The van der Waals surface area contributed by atoms with E-state index in [1.807, 2.05) is 0 Å². The second-order valence-corrected chi connectivity index (χ2v) is 23.1. The Kier molecular flexibility index (Phi) is 63.5. The van der Waals surface area contributed by atoms with Crippen LogP contribution in [0.5, 0.6) is 0 Å². The lowest BCUT2D eigenvalue weighted by atomic mass is 10.0. The maximum Gasteiger partial charge on any atom is 0.305 e. The van der Waals surface area contributed by atoms with E-state index >= 15 is 0 Å². The lowest BCUT2D eigenvalue weighted by Gasteiger charge is -2.22. The third-order valence-electron chi connectivity index (χ3n) is 15.6. The van der Waals surface area contributed by atoms with Gasteiger partial charge in [-0.3, -0.25) is 9.59 Å². The molecule has 0 aromatic heterocycles. The molecule has 6 nitrogen and oxygen atoms in total. The topological polar surface area (TPSA) is 95.9 Å². The number of rotatable bonds is 63. The van der Waals surface area contributed by atoms with E-state index < -0.39 is 12.1 Å². The molecule has 0 radical (unpaired) electrons. The average Bonchev–Trinajstić information content (AvgIpc) is 3.42. The molecule has 0 aliphatic rings. The van der Waals surface area contributed by atoms with Crippen LogP contribution in [0.15, 0.2) is 48.6 Å². The van der Waals surface area contributed by atoms with Crippen LogP contribution in [0.1, 0.15) is 361 Å². The van der Waals surface area contributed by atoms with Crippen molar-refractivity contribution in [2.75, 3.05) is 13.2 Å². The molecule has 0 saturated carbocycles. The number of hydrogen-bond donors (Lipinski definition) is 3. The van der Waals surface area contributed by atoms with Crippen molar-refractivity contribution < 1.29 is 24.5 Å². The molecular formula is C70H131NO5. The van der Waals surface area contributed by atoms with E-state index in [1.54, 1.807) is 0 Å². The number of amides is 1. The molecule has 0 aliphatic heterocycles. The van der Waals surface area contributed by atoms with E-state index in [-0.39, 0.29) is 18.5 Å². The van der Waals surface area contributed by atoms with Crippen molar-refractivity contribution in [3.63, 3.8) is 0 Å². The van der Waals surface area contributed by atoms with Crippen LogP contribution in [-0.2, 0) is 14.3 Å². The Morgan fingerprint density at radius 3 is 1.03 bits per heavy atom. The minimum Gasteiger partial charge on any atom is -0.466 e. The smallest absolute Gasteiger partial charge is 0.305 e. The highest BCUT2D eigenvalue weighted by Crippen LogP contribution is 2.18. The number of nitrogens with one attached hydrogen (secondary N) is 1. The number of aliphatic hydroxyl groups excluding tert-OH is 2. The lowest BCUT2D eigenvalue weighted by molar-refractivity contribution is -0.143. The quantitative estimate of drug-likeness (QED) is 0.0320. The lowest BCUT2D eigenvalue weighted by Crippen LogP contribution is -2.45. The normalized spacial score (nSPS) is 12.8. The maximum atomic E-state index is 12.5. The third-order valence-corrected chi connectivity index (χ3v) is 15.6. The van der Waals surface area contributed by atoms with Crippen molar-refractivity contribution in [3.8, 4) is 0 Å². The van der Waals surface area contributed by atoms with Gasteiger partial charge in [0.15, 0.2) is 0 Å². The largest absolute Gasteiger partial charge is 0.466 e. The van der Waals surface area contributed by atoms with Gasteiger partial charge in [-0.25, -0.2) is 0 Å². The van der Waals surface area contributed by atoms with E-state index in [1.165, 1.54) is 238 Å². The molecule has 3 N–H and O–H groups in total. The molecule has 0 aromatic carbocycles. The molecule has 0 aliphatic carbocycles. The van der Waals surface area contributed by atoms with Crippen LogP contribution < -0.4 is 5.32 Å². The molecule has 0 spiro atoms. The summed E-state index contributed by atoms with van der Waals surface area (Å²) in [4.78, 5) is 24.6. The zero-order valence-electron chi connectivity index (χ0n) is 51.0. The monoisotopic (exact) mass is 1070 g/mol. The Morgan fingerprint density at radius 2 is 0.658 bits per heavy atom. The second kappa shape index (κ2) is 65.3.